The highest BCUT2D eigenvalue weighted by Crippen LogP contribution is 2.13. The summed E-state index contributed by atoms with van der Waals surface area (Å²) in [6, 6.07) is 0. The maximum absolute atomic E-state index is 10.4. The lowest BCUT2D eigenvalue weighted by Gasteiger charge is -1.90. The van der Waals surface area contributed by atoms with Gasteiger partial charge in [0.2, 0.25) is 11.1 Å². The zero-order valence-corrected chi connectivity index (χ0v) is 6.60. The molecular weight excluding hydrogens is 150 g/mol. The van der Waals surface area contributed by atoms with Gasteiger partial charge in [0.25, 0.3) is 0 Å². The van der Waals surface area contributed by atoms with Crippen molar-refractivity contribution in [3.63, 3.8) is 0 Å². The van der Waals surface area contributed by atoms with Crippen LogP contribution < -0.4 is 10.9 Å². The minimum atomic E-state index is -0.206. The van der Waals surface area contributed by atoms with E-state index in [0.29, 0.717) is 5.17 Å². The Bertz CT molecular complexity index is 180. The molecule has 1 heterocycles. The Hall–Kier alpha value is -0.550. The van der Waals surface area contributed by atoms with Gasteiger partial charge >= 0.3 is 0 Å². The molecule has 1 atom stereocenters. The van der Waals surface area contributed by atoms with Crippen LogP contribution in [0.2, 0.25) is 0 Å². The van der Waals surface area contributed by atoms with E-state index >= 15 is 0 Å². The first kappa shape index (κ1) is 7.56. The molecule has 1 fully saturated rings. The van der Waals surface area contributed by atoms with E-state index < -0.39 is 0 Å². The van der Waals surface area contributed by atoms with Crippen LogP contribution in [0, 0.1) is 0 Å². The third kappa shape index (κ3) is 2.00. The second-order valence-electron chi connectivity index (χ2n) is 1.91. The Labute approximate surface area is 63.4 Å². The van der Waals surface area contributed by atoms with Gasteiger partial charge in [-0.2, -0.15) is 15.8 Å². The number of hydrogen-bond donors (Lipinski definition) is 1. The predicted molar refractivity (Wildman–Crippen MR) is 40.4 cm³/mol. The lowest BCUT2D eigenvalue weighted by atomic mass is 10.7. The molecule has 1 rings (SSSR count). The zero-order chi connectivity index (χ0) is 7.56. The average Bonchev–Trinajstić information content (AvgIpc) is 2.13. The third-order valence-corrected chi connectivity index (χ3v) is 1.73. The molecule has 55 valence electrons. The third-order valence-electron chi connectivity index (χ3n) is 0.877. The molecule has 1 saturated heterocycles. The van der Waals surface area contributed by atoms with Gasteiger partial charge in [-0.3, -0.25) is 4.79 Å². The molecular formula is C5H8N3OS. The average molecular weight is 158 g/mol. The molecule has 5 heteroatoms. The maximum Gasteiger partial charge on any atom is 0.245 e. The Balaban J connectivity index is 2.51. The second-order valence-corrected chi connectivity index (χ2v) is 3.22. The Kier molecular flexibility index (Phi) is 2.29. The van der Waals surface area contributed by atoms with Crippen LogP contribution >= 0.6 is 11.8 Å². The number of carbonyl (C=O) groups is 1. The Morgan fingerprint density at radius 3 is 3.00 bits per heavy atom. The summed E-state index contributed by atoms with van der Waals surface area (Å²) in [7, 11) is 0. The molecule has 0 aromatic carbocycles. The van der Waals surface area contributed by atoms with Crippen molar-refractivity contribution < 1.29 is 4.79 Å². The van der Waals surface area contributed by atoms with Crippen molar-refractivity contribution in [2.24, 2.45) is 4.99 Å². The fraction of sp³-hybridized carbons (Fsp3) is 0.600. The van der Waals surface area contributed by atoms with Crippen LogP contribution in [0.15, 0.2) is 4.99 Å². The maximum atomic E-state index is 10.4. The summed E-state index contributed by atoms with van der Waals surface area (Å²) in [4.78, 5) is 14.1. The van der Waals surface area contributed by atoms with Crippen LogP contribution in [-0.2, 0) is 4.79 Å². The van der Waals surface area contributed by atoms with Gasteiger partial charge in [0.15, 0.2) is 0 Å². The van der Waals surface area contributed by atoms with Crippen molar-refractivity contribution in [1.29, 1.82) is 0 Å². The molecule has 0 aliphatic carbocycles. The molecule has 1 N–H and O–H groups in total. The molecule has 1 aliphatic rings. The van der Waals surface area contributed by atoms with Crippen molar-refractivity contribution in [3.8, 4) is 0 Å². The summed E-state index contributed by atoms with van der Waals surface area (Å²) >= 11 is 1.45. The van der Waals surface area contributed by atoms with E-state index in [-0.39, 0.29) is 11.3 Å². The van der Waals surface area contributed by atoms with E-state index in [9.17, 15) is 4.79 Å². The van der Waals surface area contributed by atoms with Gasteiger partial charge in [-0.05, 0) is 6.92 Å². The number of hydrogen-bond acceptors (Lipinski definition) is 3. The van der Waals surface area contributed by atoms with Crippen LogP contribution in [0.4, 0.5) is 0 Å². The van der Waals surface area contributed by atoms with Crippen molar-refractivity contribution >= 4 is 22.8 Å². The van der Waals surface area contributed by atoms with Crippen LogP contribution in [0.25, 0.3) is 0 Å². The number of nitrogens with zero attached hydrogens (tertiary/aromatic N) is 2. The van der Waals surface area contributed by atoms with Gasteiger partial charge < -0.3 is 0 Å². The molecule has 0 aromatic heterocycles. The van der Waals surface area contributed by atoms with E-state index in [1.807, 2.05) is 6.92 Å². The molecule has 1 aliphatic heterocycles. The lowest BCUT2D eigenvalue weighted by molar-refractivity contribution is -0.115. The molecule has 4 nitrogen and oxygen atoms in total. The van der Waals surface area contributed by atoms with Gasteiger partial charge in [0.05, 0.1) is 5.37 Å². The van der Waals surface area contributed by atoms with Gasteiger partial charge in [0, 0.05) is 6.92 Å². The smallest absolute Gasteiger partial charge is 0.245 e. The standard InChI is InChI=1S/C5H8N3OS/c1-3(9)6-5-8-7-4(2)10-5/h4,7H,1-2H3. The van der Waals surface area contributed by atoms with Crippen molar-refractivity contribution in [2.75, 3.05) is 0 Å². The van der Waals surface area contributed by atoms with Gasteiger partial charge in [-0.1, -0.05) is 11.8 Å². The molecule has 1 amide bonds. The summed E-state index contributed by atoms with van der Waals surface area (Å²) in [5.41, 5.74) is 6.58. The molecule has 1 radical (unpaired) electrons. The van der Waals surface area contributed by atoms with Crippen molar-refractivity contribution in [2.45, 2.75) is 19.2 Å². The van der Waals surface area contributed by atoms with E-state index in [0.717, 1.165) is 0 Å². The quantitative estimate of drug-likeness (QED) is 0.543. The number of nitrogens with one attached hydrogen (secondary N) is 1. The Morgan fingerprint density at radius 2 is 2.60 bits per heavy atom. The van der Waals surface area contributed by atoms with Gasteiger partial charge in [0.1, 0.15) is 0 Å². The first-order chi connectivity index (χ1) is 4.68. The number of aliphatic imine (C=N–C) groups is 1. The van der Waals surface area contributed by atoms with E-state index in [4.69, 9.17) is 0 Å². The summed E-state index contributed by atoms with van der Waals surface area (Å²) in [5.74, 6) is -0.206. The molecule has 0 aromatic rings. The first-order valence-electron chi connectivity index (χ1n) is 2.90. The van der Waals surface area contributed by atoms with Crippen LogP contribution in [-0.4, -0.2) is 16.4 Å². The summed E-state index contributed by atoms with van der Waals surface area (Å²) < 4.78 is 0. The van der Waals surface area contributed by atoms with Crippen molar-refractivity contribution in [1.82, 2.24) is 10.9 Å². The fourth-order valence-corrected chi connectivity index (χ4v) is 1.25. The minimum absolute atomic E-state index is 0.206. The fourth-order valence-electron chi connectivity index (χ4n) is 0.543. The van der Waals surface area contributed by atoms with E-state index in [2.05, 4.69) is 15.8 Å². The van der Waals surface area contributed by atoms with Crippen LogP contribution in [0.3, 0.4) is 0 Å². The number of rotatable bonds is 0. The molecule has 0 saturated carbocycles. The topological polar surface area (TPSA) is 55.6 Å². The molecule has 0 spiro atoms. The predicted octanol–water partition coefficient (Wildman–Crippen LogP) is 0.0907. The number of carbonyl (C=O) groups excluding carboxylic acids is 1. The lowest BCUT2D eigenvalue weighted by Crippen LogP contribution is -2.22. The van der Waals surface area contributed by atoms with Gasteiger partial charge in [-0.25, -0.2) is 0 Å². The van der Waals surface area contributed by atoms with E-state index in [1.54, 1.807) is 0 Å². The highest BCUT2D eigenvalue weighted by molar-refractivity contribution is 8.14. The van der Waals surface area contributed by atoms with Crippen LogP contribution in [0.5, 0.6) is 0 Å². The normalized spacial score (nSPS) is 28.6. The number of amides is 1. The minimum Gasteiger partial charge on any atom is -0.273 e. The summed E-state index contributed by atoms with van der Waals surface area (Å²) in [6.45, 7) is 3.36. The largest absolute Gasteiger partial charge is 0.273 e. The SMILES string of the molecule is CC(=O)N=C1[N]NC(C)S1. The molecule has 1 unspecified atom stereocenters. The second kappa shape index (κ2) is 3.03. The monoisotopic (exact) mass is 158 g/mol. The number of thioether (sulfide) groups is 1. The van der Waals surface area contributed by atoms with E-state index in [1.165, 1.54) is 18.7 Å². The molecule has 10 heavy (non-hydrogen) atoms. The molecule has 0 bridgehead atoms. The Morgan fingerprint density at radius 1 is 1.90 bits per heavy atom. The van der Waals surface area contributed by atoms with Gasteiger partial charge in [-0.15, -0.1) is 0 Å². The zero-order valence-electron chi connectivity index (χ0n) is 5.79. The van der Waals surface area contributed by atoms with Crippen LogP contribution in [0.1, 0.15) is 13.8 Å². The highest BCUT2D eigenvalue weighted by atomic mass is 32.2. The first-order valence-corrected chi connectivity index (χ1v) is 3.78. The highest BCUT2D eigenvalue weighted by Gasteiger charge is 2.17. The summed E-state index contributed by atoms with van der Waals surface area (Å²) in [6.07, 6.45) is 0. The summed E-state index contributed by atoms with van der Waals surface area (Å²) in [5, 5.41) is 0.762. The number of amidine groups is 1. The van der Waals surface area contributed by atoms with Crippen molar-refractivity contribution in [3.05, 3.63) is 0 Å².